The lowest BCUT2D eigenvalue weighted by molar-refractivity contribution is -0.384. The lowest BCUT2D eigenvalue weighted by Gasteiger charge is -2.49. The van der Waals surface area contributed by atoms with Crippen LogP contribution in [0.2, 0.25) is 0 Å². The summed E-state index contributed by atoms with van der Waals surface area (Å²) >= 11 is 0. The van der Waals surface area contributed by atoms with Gasteiger partial charge in [-0.1, -0.05) is 42.5 Å². The average molecular weight is 487 g/mol. The highest BCUT2D eigenvalue weighted by atomic mass is 16.6. The van der Waals surface area contributed by atoms with Gasteiger partial charge in [-0.25, -0.2) is 0 Å². The van der Waals surface area contributed by atoms with E-state index in [-0.39, 0.29) is 28.5 Å². The van der Waals surface area contributed by atoms with Gasteiger partial charge in [-0.2, -0.15) is 0 Å². The number of ether oxygens (including phenoxy) is 1. The molecule has 0 aromatic heterocycles. The first-order valence-electron chi connectivity index (χ1n) is 12.3. The molecule has 1 N–H and O–H groups in total. The van der Waals surface area contributed by atoms with Crippen molar-refractivity contribution in [2.24, 2.45) is 5.92 Å². The molecule has 0 spiro atoms. The summed E-state index contributed by atoms with van der Waals surface area (Å²) in [5.41, 5.74) is 4.08. The van der Waals surface area contributed by atoms with Crippen LogP contribution in [0.5, 0.6) is 5.75 Å². The molecule has 186 valence electrons. The molecule has 1 saturated heterocycles. The number of amides is 1. The number of para-hydroxylation sites is 2. The van der Waals surface area contributed by atoms with Gasteiger partial charge in [0.1, 0.15) is 5.75 Å². The molecular weight excluding hydrogens is 456 g/mol. The Morgan fingerprint density at radius 2 is 1.83 bits per heavy atom. The fourth-order valence-electron chi connectivity index (χ4n) is 5.44. The van der Waals surface area contributed by atoms with E-state index in [4.69, 9.17) is 4.74 Å². The largest absolute Gasteiger partial charge is 0.495 e. The minimum atomic E-state index is -0.374. The van der Waals surface area contributed by atoms with Gasteiger partial charge in [-0.05, 0) is 42.2 Å². The lowest BCUT2D eigenvalue weighted by atomic mass is 9.83. The molecule has 2 atom stereocenters. The number of fused-ring (bicyclic) bond motifs is 3. The third-order valence-electron chi connectivity index (χ3n) is 7.22. The highest BCUT2D eigenvalue weighted by Gasteiger charge is 2.42. The van der Waals surface area contributed by atoms with Crippen molar-refractivity contribution in [1.29, 1.82) is 0 Å². The molecule has 2 aliphatic rings. The van der Waals surface area contributed by atoms with Crippen LogP contribution in [0, 0.1) is 16.0 Å². The molecule has 8 nitrogen and oxygen atoms in total. The summed E-state index contributed by atoms with van der Waals surface area (Å²) in [6, 6.07) is 23.0. The van der Waals surface area contributed by atoms with Crippen LogP contribution < -0.4 is 19.9 Å². The lowest BCUT2D eigenvalue weighted by Crippen LogP contribution is -2.61. The fourth-order valence-corrected chi connectivity index (χ4v) is 5.44. The van der Waals surface area contributed by atoms with E-state index in [2.05, 4.69) is 27.2 Å². The maximum Gasteiger partial charge on any atom is 0.269 e. The van der Waals surface area contributed by atoms with E-state index in [1.54, 1.807) is 19.2 Å². The molecule has 3 aromatic rings. The number of piperazine rings is 1. The van der Waals surface area contributed by atoms with Crippen LogP contribution in [-0.2, 0) is 17.6 Å². The van der Waals surface area contributed by atoms with Crippen molar-refractivity contribution in [3.8, 4) is 5.75 Å². The number of benzene rings is 3. The zero-order chi connectivity index (χ0) is 25.1. The van der Waals surface area contributed by atoms with E-state index in [1.807, 2.05) is 48.5 Å². The van der Waals surface area contributed by atoms with Gasteiger partial charge in [0.25, 0.3) is 5.69 Å². The first-order chi connectivity index (χ1) is 17.5. The fraction of sp³-hybridized carbons (Fsp3) is 0.321. The second-order valence-corrected chi connectivity index (χ2v) is 9.29. The minimum Gasteiger partial charge on any atom is -0.495 e. The molecule has 2 heterocycles. The molecule has 0 saturated carbocycles. The van der Waals surface area contributed by atoms with Crippen molar-refractivity contribution in [1.82, 2.24) is 5.32 Å². The average Bonchev–Trinajstić information content (AvgIpc) is 2.92. The number of hydrogen-bond donors (Lipinski definition) is 1. The van der Waals surface area contributed by atoms with Gasteiger partial charge in [0.2, 0.25) is 5.91 Å². The highest BCUT2D eigenvalue weighted by molar-refractivity contribution is 5.82. The Kier molecular flexibility index (Phi) is 6.75. The normalized spacial score (nSPS) is 18.7. The molecule has 0 radical (unpaired) electrons. The summed E-state index contributed by atoms with van der Waals surface area (Å²) in [5.74, 6) is 0.467. The van der Waals surface area contributed by atoms with Crippen molar-refractivity contribution in [2.45, 2.75) is 18.9 Å². The van der Waals surface area contributed by atoms with Gasteiger partial charge in [0, 0.05) is 44.0 Å². The van der Waals surface area contributed by atoms with Crippen molar-refractivity contribution in [3.05, 3.63) is 94.0 Å². The zero-order valence-corrected chi connectivity index (χ0v) is 20.3. The van der Waals surface area contributed by atoms with Gasteiger partial charge >= 0.3 is 0 Å². The van der Waals surface area contributed by atoms with Crippen LogP contribution in [0.15, 0.2) is 72.8 Å². The van der Waals surface area contributed by atoms with Crippen molar-refractivity contribution >= 4 is 23.0 Å². The number of nitro groups is 1. The Morgan fingerprint density at radius 3 is 2.61 bits per heavy atom. The first-order valence-corrected chi connectivity index (χ1v) is 12.3. The molecule has 5 rings (SSSR count). The summed E-state index contributed by atoms with van der Waals surface area (Å²) in [5, 5.41) is 14.6. The van der Waals surface area contributed by atoms with Crippen molar-refractivity contribution < 1.29 is 14.5 Å². The summed E-state index contributed by atoms with van der Waals surface area (Å²) in [4.78, 5) is 29.1. The Hall–Kier alpha value is -4.07. The standard InChI is InChI=1S/C28H30N4O4/c1-36-27-10-6-5-9-25(27)30-15-16-31-24-12-11-22(32(34)35)17-21(24)18-23(26(31)19-30)28(33)29-14-13-20-7-3-2-4-8-20/h2-12,17,23,26H,13-16,18-19H2,1H3,(H,29,33)/t23-,26-/m0/s1. The molecule has 2 aliphatic heterocycles. The van der Waals surface area contributed by atoms with Gasteiger partial charge in [-0.15, -0.1) is 0 Å². The first kappa shape index (κ1) is 23.7. The van der Waals surface area contributed by atoms with E-state index in [1.165, 1.54) is 5.56 Å². The number of methoxy groups -OCH3 is 1. The van der Waals surface area contributed by atoms with E-state index in [0.717, 1.165) is 35.7 Å². The van der Waals surface area contributed by atoms with E-state index < -0.39 is 0 Å². The Balaban J connectivity index is 1.41. The zero-order valence-electron chi connectivity index (χ0n) is 20.3. The molecule has 0 unspecified atom stereocenters. The molecular formula is C28H30N4O4. The molecule has 1 amide bonds. The van der Waals surface area contributed by atoms with Crippen LogP contribution in [0.1, 0.15) is 11.1 Å². The number of nitrogens with zero attached hydrogens (tertiary/aromatic N) is 3. The van der Waals surface area contributed by atoms with E-state index in [9.17, 15) is 14.9 Å². The number of rotatable bonds is 7. The maximum absolute atomic E-state index is 13.5. The van der Waals surface area contributed by atoms with Crippen LogP contribution in [0.3, 0.4) is 0 Å². The quantitative estimate of drug-likeness (QED) is 0.403. The minimum absolute atomic E-state index is 0.0139. The number of nitro benzene ring substituents is 1. The molecule has 8 heteroatoms. The number of hydrogen-bond acceptors (Lipinski definition) is 6. The molecule has 3 aromatic carbocycles. The SMILES string of the molecule is COc1ccccc1N1CCN2c3ccc([N+](=O)[O-])cc3C[C@H](C(=O)NCCc3ccccc3)[C@@H]2C1. The van der Waals surface area contributed by atoms with E-state index in [0.29, 0.717) is 26.1 Å². The Bertz CT molecular complexity index is 1250. The highest BCUT2D eigenvalue weighted by Crippen LogP contribution is 2.39. The topological polar surface area (TPSA) is 87.9 Å². The summed E-state index contributed by atoms with van der Waals surface area (Å²) in [6.07, 6.45) is 1.22. The second-order valence-electron chi connectivity index (χ2n) is 9.29. The summed E-state index contributed by atoms with van der Waals surface area (Å²) in [7, 11) is 1.67. The third kappa shape index (κ3) is 4.71. The Labute approximate surface area is 210 Å². The number of nitrogens with one attached hydrogen (secondary N) is 1. The number of carbonyl (C=O) groups is 1. The van der Waals surface area contributed by atoms with Crippen LogP contribution in [0.25, 0.3) is 0 Å². The number of carbonyl (C=O) groups excluding carboxylic acids is 1. The van der Waals surface area contributed by atoms with Crippen LogP contribution in [0.4, 0.5) is 17.1 Å². The van der Waals surface area contributed by atoms with Gasteiger partial charge in [0.05, 0.1) is 29.7 Å². The van der Waals surface area contributed by atoms with Crippen LogP contribution >= 0.6 is 0 Å². The third-order valence-corrected chi connectivity index (χ3v) is 7.22. The predicted molar refractivity (Wildman–Crippen MR) is 140 cm³/mol. The number of anilines is 2. The van der Waals surface area contributed by atoms with Gasteiger partial charge in [-0.3, -0.25) is 14.9 Å². The van der Waals surface area contributed by atoms with Crippen molar-refractivity contribution in [2.75, 3.05) is 43.1 Å². The predicted octanol–water partition coefficient (Wildman–Crippen LogP) is 3.83. The van der Waals surface area contributed by atoms with Gasteiger partial charge in [0.15, 0.2) is 0 Å². The molecule has 0 bridgehead atoms. The molecule has 36 heavy (non-hydrogen) atoms. The monoisotopic (exact) mass is 486 g/mol. The molecule has 0 aliphatic carbocycles. The van der Waals surface area contributed by atoms with E-state index >= 15 is 0 Å². The smallest absolute Gasteiger partial charge is 0.269 e. The maximum atomic E-state index is 13.5. The number of non-ortho nitro benzene ring substituents is 1. The van der Waals surface area contributed by atoms with Crippen LogP contribution in [-0.4, -0.2) is 50.2 Å². The van der Waals surface area contributed by atoms with Crippen molar-refractivity contribution in [3.63, 3.8) is 0 Å². The molecule has 1 fully saturated rings. The Morgan fingerprint density at radius 1 is 1.06 bits per heavy atom. The second kappa shape index (κ2) is 10.3. The summed E-state index contributed by atoms with van der Waals surface area (Å²) in [6.45, 7) is 2.68. The summed E-state index contributed by atoms with van der Waals surface area (Å²) < 4.78 is 5.60. The van der Waals surface area contributed by atoms with Gasteiger partial charge < -0.3 is 19.9 Å².